The van der Waals surface area contributed by atoms with Crippen molar-refractivity contribution in [1.82, 2.24) is 9.97 Å². The van der Waals surface area contributed by atoms with E-state index in [1.807, 2.05) is 0 Å². The van der Waals surface area contributed by atoms with Crippen molar-refractivity contribution in [2.75, 3.05) is 0 Å². The van der Waals surface area contributed by atoms with Crippen molar-refractivity contribution in [3.05, 3.63) is 32.6 Å². The van der Waals surface area contributed by atoms with Crippen LogP contribution >= 0.6 is 0 Å². The van der Waals surface area contributed by atoms with Crippen LogP contribution in [0, 0.1) is 10.1 Å². The Labute approximate surface area is 66.0 Å². The van der Waals surface area contributed by atoms with Crippen molar-refractivity contribution in [2.45, 2.75) is 6.54 Å². The largest absolute Gasteiger partial charge is 0.381 e. The molecule has 62 valence electrons. The predicted molar refractivity (Wildman–Crippen MR) is 38.1 cm³/mol. The monoisotopic (exact) mass is 168 g/mol. The second-order valence-electron chi connectivity index (χ2n) is 1.85. The maximum absolute atomic E-state index is 10.1. The van der Waals surface area contributed by atoms with Crippen molar-refractivity contribution in [2.24, 2.45) is 5.11 Å². The van der Waals surface area contributed by atoms with E-state index in [-0.39, 0.29) is 18.2 Å². The van der Waals surface area contributed by atoms with Gasteiger partial charge in [-0.15, -0.1) is 0 Å². The number of nitro groups is 1. The van der Waals surface area contributed by atoms with Crippen LogP contribution in [0.4, 0.5) is 5.82 Å². The number of H-pyrrole nitrogens is 1. The molecule has 0 saturated heterocycles. The summed E-state index contributed by atoms with van der Waals surface area (Å²) in [7, 11) is 0. The molecule has 12 heavy (non-hydrogen) atoms. The van der Waals surface area contributed by atoms with E-state index >= 15 is 0 Å². The van der Waals surface area contributed by atoms with Crippen molar-refractivity contribution in [3.63, 3.8) is 0 Å². The fourth-order valence-corrected chi connectivity index (χ4v) is 0.624. The highest BCUT2D eigenvalue weighted by Gasteiger charge is 2.10. The van der Waals surface area contributed by atoms with Gasteiger partial charge in [-0.3, -0.25) is 0 Å². The summed E-state index contributed by atoms with van der Waals surface area (Å²) < 4.78 is 0. The van der Waals surface area contributed by atoms with Crippen LogP contribution in [-0.4, -0.2) is 14.9 Å². The summed E-state index contributed by atoms with van der Waals surface area (Å²) in [5.74, 6) is -0.00219. The number of hydrogen-bond donors (Lipinski definition) is 1. The van der Waals surface area contributed by atoms with Crippen LogP contribution in [0.25, 0.3) is 10.4 Å². The standard InChI is InChI=1S/C4H4N6O2/c5-9-7-1-3-6-2-4(8-3)10(11)12/h2H,1H2,(H,6,8). The molecule has 1 rings (SSSR count). The lowest BCUT2D eigenvalue weighted by molar-refractivity contribution is -0.389. The Morgan fingerprint density at radius 3 is 3.17 bits per heavy atom. The average Bonchev–Trinajstić information content (AvgIpc) is 2.48. The maximum atomic E-state index is 10.1. The van der Waals surface area contributed by atoms with E-state index in [0.717, 1.165) is 6.20 Å². The summed E-state index contributed by atoms with van der Waals surface area (Å²) >= 11 is 0. The van der Waals surface area contributed by atoms with E-state index in [2.05, 4.69) is 20.0 Å². The van der Waals surface area contributed by atoms with Crippen LogP contribution in [-0.2, 0) is 6.54 Å². The highest BCUT2D eigenvalue weighted by atomic mass is 16.6. The normalized spacial score (nSPS) is 9.00. The minimum atomic E-state index is -0.629. The molecule has 0 radical (unpaired) electrons. The van der Waals surface area contributed by atoms with Gasteiger partial charge in [-0.25, -0.2) is 0 Å². The molecule has 0 atom stereocenters. The molecule has 0 aliphatic carbocycles. The van der Waals surface area contributed by atoms with Gasteiger partial charge in [-0.2, -0.15) is 0 Å². The minimum absolute atomic E-state index is 0.00958. The molecule has 0 saturated carbocycles. The van der Waals surface area contributed by atoms with Gasteiger partial charge in [0.25, 0.3) is 0 Å². The third-order valence-electron chi connectivity index (χ3n) is 1.09. The van der Waals surface area contributed by atoms with Crippen LogP contribution in [0.5, 0.6) is 0 Å². The molecule has 8 nitrogen and oxygen atoms in total. The Morgan fingerprint density at radius 2 is 2.67 bits per heavy atom. The fraction of sp³-hybridized carbons (Fsp3) is 0.250. The molecule has 0 spiro atoms. The molecule has 0 aliphatic heterocycles. The molecule has 0 amide bonds. The molecule has 0 aliphatic rings. The van der Waals surface area contributed by atoms with E-state index < -0.39 is 4.92 Å². The Morgan fingerprint density at radius 1 is 1.92 bits per heavy atom. The van der Waals surface area contributed by atoms with Crippen LogP contribution in [0.2, 0.25) is 0 Å². The second kappa shape index (κ2) is 3.35. The molecule has 8 heteroatoms. The Bertz CT molecular complexity index is 337. The third-order valence-corrected chi connectivity index (χ3v) is 1.09. The van der Waals surface area contributed by atoms with E-state index in [1.54, 1.807) is 0 Å². The summed E-state index contributed by atoms with van der Waals surface area (Å²) in [6, 6.07) is 0. The van der Waals surface area contributed by atoms with Gasteiger partial charge < -0.3 is 15.1 Å². The van der Waals surface area contributed by atoms with Gasteiger partial charge in [0.1, 0.15) is 12.7 Å². The first-order valence-corrected chi connectivity index (χ1v) is 2.93. The van der Waals surface area contributed by atoms with E-state index in [1.165, 1.54) is 0 Å². The van der Waals surface area contributed by atoms with Crippen LogP contribution in [0.15, 0.2) is 11.3 Å². The summed E-state index contributed by atoms with van der Waals surface area (Å²) in [5, 5.41) is 13.3. The lowest BCUT2D eigenvalue weighted by Crippen LogP contribution is -1.88. The first kappa shape index (κ1) is 8.02. The molecule has 1 aromatic heterocycles. The summed E-state index contributed by atoms with van der Waals surface area (Å²) in [6.07, 6.45) is 1.14. The predicted octanol–water partition coefficient (Wildman–Crippen LogP) is 1.13. The quantitative estimate of drug-likeness (QED) is 0.239. The third kappa shape index (κ3) is 1.70. The van der Waals surface area contributed by atoms with Crippen molar-refractivity contribution in [3.8, 4) is 0 Å². The summed E-state index contributed by atoms with van der Waals surface area (Å²) in [6.45, 7) is -0.00958. The zero-order valence-electron chi connectivity index (χ0n) is 5.84. The second-order valence-corrected chi connectivity index (χ2v) is 1.85. The Kier molecular flexibility index (Phi) is 2.24. The fourth-order valence-electron chi connectivity index (χ4n) is 0.624. The van der Waals surface area contributed by atoms with E-state index in [9.17, 15) is 10.1 Å². The smallest absolute Gasteiger partial charge is 0.358 e. The highest BCUT2D eigenvalue weighted by Crippen LogP contribution is 2.06. The van der Waals surface area contributed by atoms with Gasteiger partial charge in [0, 0.05) is 4.91 Å². The Balaban J connectivity index is 2.77. The van der Waals surface area contributed by atoms with Crippen LogP contribution in [0.1, 0.15) is 5.82 Å². The molecule has 1 N–H and O–H groups in total. The van der Waals surface area contributed by atoms with Crippen LogP contribution in [0.3, 0.4) is 0 Å². The summed E-state index contributed by atoms with van der Waals surface area (Å²) in [4.78, 5) is 18.0. The number of nitrogens with one attached hydrogen (secondary N) is 1. The summed E-state index contributed by atoms with van der Waals surface area (Å²) in [5.41, 5.74) is 7.93. The number of hydrogen-bond acceptors (Lipinski definition) is 4. The lowest BCUT2D eigenvalue weighted by atomic mass is 10.6. The topological polar surface area (TPSA) is 121 Å². The first-order valence-electron chi connectivity index (χ1n) is 2.93. The zero-order valence-corrected chi connectivity index (χ0v) is 5.84. The van der Waals surface area contributed by atoms with Crippen molar-refractivity contribution >= 4 is 5.82 Å². The first-order chi connectivity index (χ1) is 5.74. The number of rotatable bonds is 3. The highest BCUT2D eigenvalue weighted by molar-refractivity contribution is 5.14. The molecule has 0 fully saturated rings. The van der Waals surface area contributed by atoms with Gasteiger partial charge in [0.15, 0.2) is 0 Å². The Hall–Kier alpha value is -2.08. The molecular formula is C4H4N6O2. The average molecular weight is 168 g/mol. The lowest BCUT2D eigenvalue weighted by Gasteiger charge is -1.81. The zero-order chi connectivity index (χ0) is 8.97. The van der Waals surface area contributed by atoms with Gasteiger partial charge in [-0.05, 0) is 15.4 Å². The minimum Gasteiger partial charge on any atom is -0.358 e. The van der Waals surface area contributed by atoms with Gasteiger partial charge >= 0.3 is 5.82 Å². The molecule has 0 aromatic carbocycles. The van der Waals surface area contributed by atoms with Crippen LogP contribution < -0.4 is 0 Å². The van der Waals surface area contributed by atoms with Crippen molar-refractivity contribution in [1.29, 1.82) is 0 Å². The van der Waals surface area contributed by atoms with E-state index in [4.69, 9.17) is 5.53 Å². The molecule has 0 bridgehead atoms. The molecule has 0 unspecified atom stereocenters. The molecule has 1 aromatic rings. The maximum Gasteiger partial charge on any atom is 0.381 e. The molecular weight excluding hydrogens is 164 g/mol. The number of imidazole rings is 1. The SMILES string of the molecule is [N-]=[N+]=NCc1nc([N+](=O)[O-])c[nH]1. The number of aromatic nitrogens is 2. The number of nitrogens with zero attached hydrogens (tertiary/aromatic N) is 5. The molecule has 1 heterocycles. The number of aromatic amines is 1. The van der Waals surface area contributed by atoms with Gasteiger partial charge in [-0.1, -0.05) is 5.11 Å². The van der Waals surface area contributed by atoms with E-state index in [0.29, 0.717) is 0 Å². The van der Waals surface area contributed by atoms with Gasteiger partial charge in [0.05, 0.1) is 0 Å². The number of azide groups is 1. The van der Waals surface area contributed by atoms with Crippen molar-refractivity contribution < 1.29 is 4.92 Å². The van der Waals surface area contributed by atoms with Gasteiger partial charge in [0.2, 0.25) is 5.82 Å².